The van der Waals surface area contributed by atoms with Gasteiger partial charge in [0.15, 0.2) is 34.9 Å². The predicted molar refractivity (Wildman–Crippen MR) is 271 cm³/mol. The molecule has 2 aromatic heterocycles. The van der Waals surface area contributed by atoms with Crippen molar-refractivity contribution in [3.63, 3.8) is 0 Å². The standard InChI is InChI=1S/C62H40N6/c1-5-15-41(16-6-1)57-63-58(42-17-7-2-8-18-42)66-61(65-57)45-29-25-39(26-30-45)47-33-35-51-53(37-47)55-49-23-13-14-24-50(49)56(51)54-38-48(34-36-52(54)55)40-27-31-46(32-28-40)62-67-59(43-19-9-3-10-20-43)64-60(68-62)44-21-11-4-12-22-44/h1-38,55-56H/i13D,14D,23D,24D,35D,36D,37D,38D. The zero-order valence-electron chi connectivity index (χ0n) is 44.2. The van der Waals surface area contributed by atoms with Crippen molar-refractivity contribution >= 4 is 0 Å². The van der Waals surface area contributed by atoms with Gasteiger partial charge in [-0.25, -0.2) is 29.9 Å². The monoisotopic (exact) mass is 876 g/mol. The fraction of sp³-hybridized carbons (Fsp3) is 0.0323. The zero-order chi connectivity index (χ0) is 51.9. The van der Waals surface area contributed by atoms with E-state index < -0.39 is 23.9 Å². The van der Waals surface area contributed by atoms with Gasteiger partial charge in [-0.1, -0.05) is 218 Å². The molecule has 0 saturated carbocycles. The van der Waals surface area contributed by atoms with Crippen LogP contribution in [0.15, 0.2) is 230 Å². The van der Waals surface area contributed by atoms with Crippen LogP contribution in [0.1, 0.15) is 56.2 Å². The second-order valence-electron chi connectivity index (χ2n) is 16.7. The molecule has 6 heteroatoms. The summed E-state index contributed by atoms with van der Waals surface area (Å²) in [6, 6.07) is 55.9. The van der Waals surface area contributed by atoms with Crippen LogP contribution in [0.2, 0.25) is 0 Å². The van der Waals surface area contributed by atoms with E-state index in [0.717, 1.165) is 22.3 Å². The molecular formula is C62H40N6. The second kappa shape index (κ2) is 16.5. The Morgan fingerprint density at radius 2 is 0.485 bits per heavy atom. The first kappa shape index (κ1) is 31.8. The van der Waals surface area contributed by atoms with Gasteiger partial charge in [-0.15, -0.1) is 0 Å². The molecule has 0 fully saturated rings. The molecule has 0 N–H and O–H groups in total. The Kier molecular flexibility index (Phi) is 7.70. The van der Waals surface area contributed by atoms with E-state index in [2.05, 4.69) is 0 Å². The van der Waals surface area contributed by atoms with Crippen LogP contribution in [0, 0.1) is 0 Å². The van der Waals surface area contributed by atoms with Crippen LogP contribution in [0.4, 0.5) is 0 Å². The maximum Gasteiger partial charge on any atom is 0.164 e. The van der Waals surface area contributed by atoms with Crippen molar-refractivity contribution in [3.8, 4) is 90.6 Å². The van der Waals surface area contributed by atoms with E-state index in [-0.39, 0.29) is 47.4 Å². The molecule has 3 aliphatic rings. The minimum absolute atomic E-state index is 0.0593. The molecule has 0 amide bonds. The smallest absolute Gasteiger partial charge is 0.164 e. The third-order valence-electron chi connectivity index (χ3n) is 12.6. The molecule has 6 nitrogen and oxygen atoms in total. The molecule has 2 heterocycles. The van der Waals surface area contributed by atoms with E-state index in [0.29, 0.717) is 90.6 Å². The summed E-state index contributed by atoms with van der Waals surface area (Å²) in [4.78, 5) is 29.2. The van der Waals surface area contributed by atoms with Crippen LogP contribution in [0.25, 0.3) is 90.6 Å². The minimum Gasteiger partial charge on any atom is -0.208 e. The van der Waals surface area contributed by atoms with Gasteiger partial charge < -0.3 is 0 Å². The lowest BCUT2D eigenvalue weighted by Gasteiger charge is -2.42. The van der Waals surface area contributed by atoms with Crippen molar-refractivity contribution in [1.82, 2.24) is 29.9 Å². The maximum atomic E-state index is 9.97. The van der Waals surface area contributed by atoms with Crippen LogP contribution in [0.5, 0.6) is 0 Å². The Bertz CT molecular complexity index is 3750. The Morgan fingerprint density at radius 3 is 0.779 bits per heavy atom. The molecule has 11 aromatic rings. The fourth-order valence-electron chi connectivity index (χ4n) is 9.32. The first-order chi connectivity index (χ1) is 37.0. The average molecular weight is 877 g/mol. The predicted octanol–water partition coefficient (Wildman–Crippen LogP) is 14.4. The second-order valence-corrected chi connectivity index (χ2v) is 16.7. The third kappa shape index (κ3) is 6.98. The highest BCUT2D eigenvalue weighted by molar-refractivity contribution is 5.78. The van der Waals surface area contributed by atoms with Gasteiger partial charge in [-0.05, 0) is 67.7 Å². The van der Waals surface area contributed by atoms with Crippen molar-refractivity contribution in [2.24, 2.45) is 0 Å². The molecule has 2 bridgehead atoms. The molecular weight excluding hydrogens is 829 g/mol. The van der Waals surface area contributed by atoms with Gasteiger partial charge in [-0.3, -0.25) is 0 Å². The van der Waals surface area contributed by atoms with Gasteiger partial charge >= 0.3 is 0 Å². The lowest BCUT2D eigenvalue weighted by atomic mass is 9.60. The highest BCUT2D eigenvalue weighted by Gasteiger charge is 2.41. The topological polar surface area (TPSA) is 77.3 Å². The van der Waals surface area contributed by atoms with E-state index in [4.69, 9.17) is 32.6 Å². The van der Waals surface area contributed by atoms with Gasteiger partial charge in [0.25, 0.3) is 0 Å². The molecule has 0 spiro atoms. The lowest BCUT2D eigenvalue weighted by Crippen LogP contribution is -2.27. The SMILES string of the molecule is [2H]c1cc(-c2ccc(-c3nc(-c4ccccc4)nc(-c4ccccc4)n3)cc2)c([2H])c2c1C1c3c([2H])c(-c4ccc(-c5nc(-c6ccccc6)nc(-c6ccccc6)n5)cc4)cc([2H])c3C2c2c([2H])c([2H])c([2H])c([2H])c21. The first-order valence-corrected chi connectivity index (χ1v) is 22.4. The first-order valence-electron chi connectivity index (χ1n) is 26.4. The summed E-state index contributed by atoms with van der Waals surface area (Å²) in [5, 5.41) is 0. The van der Waals surface area contributed by atoms with Crippen LogP contribution in [-0.4, -0.2) is 29.9 Å². The summed E-state index contributed by atoms with van der Waals surface area (Å²) in [6.07, 6.45) is 0. The number of aromatic nitrogens is 6. The molecule has 0 radical (unpaired) electrons. The van der Waals surface area contributed by atoms with Crippen LogP contribution < -0.4 is 0 Å². The van der Waals surface area contributed by atoms with Gasteiger partial charge in [0.2, 0.25) is 0 Å². The van der Waals surface area contributed by atoms with Crippen molar-refractivity contribution < 1.29 is 11.0 Å². The Balaban J connectivity index is 0.911. The van der Waals surface area contributed by atoms with Crippen molar-refractivity contribution in [2.75, 3.05) is 0 Å². The molecule has 0 aliphatic heterocycles. The molecule has 3 aliphatic carbocycles. The maximum absolute atomic E-state index is 9.97. The van der Waals surface area contributed by atoms with E-state index in [1.54, 1.807) is 12.1 Å². The zero-order valence-corrected chi connectivity index (χ0v) is 36.2. The van der Waals surface area contributed by atoms with E-state index >= 15 is 0 Å². The largest absolute Gasteiger partial charge is 0.208 e. The number of benzene rings is 9. The van der Waals surface area contributed by atoms with Gasteiger partial charge in [0, 0.05) is 45.2 Å². The van der Waals surface area contributed by atoms with Crippen LogP contribution in [0.3, 0.4) is 0 Å². The summed E-state index contributed by atoms with van der Waals surface area (Å²) in [5.41, 5.74) is 9.04. The summed E-state index contributed by atoms with van der Waals surface area (Å²) < 4.78 is 75.6. The number of nitrogens with zero attached hydrogens (tertiary/aromatic N) is 6. The molecule has 2 atom stereocenters. The molecule has 9 aromatic carbocycles. The number of rotatable bonds is 8. The summed E-state index contributed by atoms with van der Waals surface area (Å²) >= 11 is 0. The average Bonchev–Trinajstić information content (AvgIpc) is 3.60. The van der Waals surface area contributed by atoms with E-state index in [9.17, 15) is 8.22 Å². The summed E-state index contributed by atoms with van der Waals surface area (Å²) in [6.45, 7) is 0. The quantitative estimate of drug-likeness (QED) is 0.151. The Labute approximate surface area is 405 Å². The van der Waals surface area contributed by atoms with Crippen LogP contribution >= 0.6 is 0 Å². The molecule has 14 rings (SSSR count). The Hall–Kier alpha value is -9.00. The molecule has 68 heavy (non-hydrogen) atoms. The Morgan fingerprint density at radius 1 is 0.235 bits per heavy atom. The molecule has 318 valence electrons. The highest BCUT2D eigenvalue weighted by Crippen LogP contribution is 2.56. The number of hydrogen-bond donors (Lipinski definition) is 0. The van der Waals surface area contributed by atoms with Crippen molar-refractivity contribution in [2.45, 2.75) is 11.8 Å². The summed E-state index contributed by atoms with van der Waals surface area (Å²) in [5.74, 6) is 0.925. The fourth-order valence-corrected chi connectivity index (χ4v) is 9.32. The summed E-state index contributed by atoms with van der Waals surface area (Å²) in [7, 11) is 0. The van der Waals surface area contributed by atoms with Crippen LogP contribution in [-0.2, 0) is 0 Å². The van der Waals surface area contributed by atoms with Gasteiger partial charge in [0.1, 0.15) is 0 Å². The van der Waals surface area contributed by atoms with Crippen molar-refractivity contribution in [1.29, 1.82) is 0 Å². The highest BCUT2D eigenvalue weighted by atomic mass is 15.0. The third-order valence-corrected chi connectivity index (χ3v) is 12.6. The lowest BCUT2D eigenvalue weighted by molar-refractivity contribution is 0.755. The normalized spacial score (nSPS) is 15.8. The molecule has 0 saturated heterocycles. The van der Waals surface area contributed by atoms with Gasteiger partial charge in [0.05, 0.1) is 11.0 Å². The van der Waals surface area contributed by atoms with Gasteiger partial charge in [-0.2, -0.15) is 0 Å². The van der Waals surface area contributed by atoms with E-state index in [1.165, 1.54) is 0 Å². The molecule has 2 unspecified atom stereocenters. The number of hydrogen-bond acceptors (Lipinski definition) is 6. The minimum atomic E-state index is -1.03. The van der Waals surface area contributed by atoms with Crippen molar-refractivity contribution in [3.05, 3.63) is 264 Å². The van der Waals surface area contributed by atoms with E-state index in [1.807, 2.05) is 170 Å².